The number of nitrogens with zero attached hydrogens (tertiary/aromatic N) is 1. The van der Waals surface area contributed by atoms with Crippen LogP contribution in [0.5, 0.6) is 5.75 Å². The second-order valence-electron chi connectivity index (χ2n) is 6.20. The number of anilines is 3. The minimum absolute atomic E-state index is 0.136. The lowest BCUT2D eigenvalue weighted by Gasteiger charge is -2.09. The van der Waals surface area contributed by atoms with Gasteiger partial charge in [-0.15, -0.1) is 0 Å². The van der Waals surface area contributed by atoms with E-state index >= 15 is 0 Å². The maximum absolute atomic E-state index is 12.2. The average molecular weight is 391 g/mol. The summed E-state index contributed by atoms with van der Waals surface area (Å²) in [7, 11) is 2.94. The van der Waals surface area contributed by atoms with Crippen molar-refractivity contribution >= 4 is 29.1 Å². The second kappa shape index (κ2) is 9.36. The standard InChI is InChI=1S/C22H21N3O4/c1-28-19-9-6-15(7-10-19)12-21(26)25-18-8-11-20(23-14-18)24-17-5-3-4-16(13-17)22(27)29-2/h3-11,13-14H,12H2,1-2H3,(H,23,24)(H,25,26). The van der Waals surface area contributed by atoms with Gasteiger partial charge in [-0.1, -0.05) is 18.2 Å². The largest absolute Gasteiger partial charge is 0.497 e. The molecule has 0 aliphatic heterocycles. The fraction of sp³-hybridized carbons (Fsp3) is 0.136. The summed E-state index contributed by atoms with van der Waals surface area (Å²) in [6.07, 6.45) is 1.82. The van der Waals surface area contributed by atoms with E-state index in [1.807, 2.05) is 30.3 Å². The molecule has 2 N–H and O–H groups in total. The number of rotatable bonds is 7. The highest BCUT2D eigenvalue weighted by Crippen LogP contribution is 2.18. The number of carbonyl (C=O) groups excluding carboxylic acids is 2. The van der Waals surface area contributed by atoms with E-state index in [0.717, 1.165) is 11.3 Å². The molecule has 7 nitrogen and oxygen atoms in total. The number of esters is 1. The Morgan fingerprint density at radius 3 is 2.41 bits per heavy atom. The zero-order chi connectivity index (χ0) is 20.6. The van der Waals surface area contributed by atoms with Gasteiger partial charge in [-0.3, -0.25) is 4.79 Å². The van der Waals surface area contributed by atoms with Gasteiger partial charge in [0.1, 0.15) is 11.6 Å². The predicted molar refractivity (Wildman–Crippen MR) is 111 cm³/mol. The number of amides is 1. The van der Waals surface area contributed by atoms with E-state index in [0.29, 0.717) is 22.8 Å². The van der Waals surface area contributed by atoms with Crippen molar-refractivity contribution in [3.8, 4) is 5.75 Å². The molecule has 0 bridgehead atoms. The molecule has 0 aliphatic carbocycles. The van der Waals surface area contributed by atoms with Crippen molar-refractivity contribution in [2.75, 3.05) is 24.9 Å². The molecule has 1 aromatic heterocycles. The highest BCUT2D eigenvalue weighted by Gasteiger charge is 2.07. The van der Waals surface area contributed by atoms with Gasteiger partial charge in [-0.05, 0) is 48.0 Å². The van der Waals surface area contributed by atoms with E-state index in [4.69, 9.17) is 9.47 Å². The summed E-state index contributed by atoms with van der Waals surface area (Å²) in [5.74, 6) is 0.790. The topological polar surface area (TPSA) is 89.6 Å². The van der Waals surface area contributed by atoms with E-state index in [1.165, 1.54) is 7.11 Å². The number of methoxy groups -OCH3 is 2. The summed E-state index contributed by atoms with van der Waals surface area (Å²) in [6.45, 7) is 0. The van der Waals surface area contributed by atoms with Crippen molar-refractivity contribution in [2.24, 2.45) is 0 Å². The molecule has 0 fully saturated rings. The van der Waals surface area contributed by atoms with E-state index < -0.39 is 5.97 Å². The quantitative estimate of drug-likeness (QED) is 0.596. The molecule has 0 saturated heterocycles. The first-order valence-corrected chi connectivity index (χ1v) is 8.91. The molecule has 148 valence electrons. The van der Waals surface area contributed by atoms with Crippen LogP contribution in [0.4, 0.5) is 17.2 Å². The molecule has 3 aromatic rings. The highest BCUT2D eigenvalue weighted by molar-refractivity contribution is 5.92. The number of aromatic nitrogens is 1. The molecule has 0 unspecified atom stereocenters. The lowest BCUT2D eigenvalue weighted by molar-refractivity contribution is -0.115. The zero-order valence-electron chi connectivity index (χ0n) is 16.1. The van der Waals surface area contributed by atoms with Gasteiger partial charge >= 0.3 is 5.97 Å². The molecule has 1 amide bonds. The minimum Gasteiger partial charge on any atom is -0.497 e. The van der Waals surface area contributed by atoms with Crippen LogP contribution in [0.3, 0.4) is 0 Å². The van der Waals surface area contributed by atoms with Crippen molar-refractivity contribution in [2.45, 2.75) is 6.42 Å². The summed E-state index contributed by atoms with van der Waals surface area (Å²) in [6, 6.07) is 17.8. The zero-order valence-corrected chi connectivity index (χ0v) is 16.1. The maximum atomic E-state index is 12.2. The third-order valence-electron chi connectivity index (χ3n) is 4.13. The van der Waals surface area contributed by atoms with Crippen molar-refractivity contribution in [1.82, 2.24) is 4.98 Å². The Labute approximate surface area is 168 Å². The van der Waals surface area contributed by atoms with Crippen molar-refractivity contribution in [3.63, 3.8) is 0 Å². The first-order valence-electron chi connectivity index (χ1n) is 8.91. The Balaban J connectivity index is 1.58. The maximum Gasteiger partial charge on any atom is 0.337 e. The van der Waals surface area contributed by atoms with Crippen molar-refractivity contribution in [3.05, 3.63) is 78.0 Å². The third-order valence-corrected chi connectivity index (χ3v) is 4.13. The van der Waals surface area contributed by atoms with E-state index in [2.05, 4.69) is 15.6 Å². The number of hydrogen-bond donors (Lipinski definition) is 2. The Morgan fingerprint density at radius 2 is 1.76 bits per heavy atom. The molecular weight excluding hydrogens is 370 g/mol. The number of carbonyl (C=O) groups is 2. The van der Waals surface area contributed by atoms with E-state index in [1.54, 1.807) is 43.6 Å². The lowest BCUT2D eigenvalue weighted by atomic mass is 10.1. The van der Waals surface area contributed by atoms with Crippen LogP contribution >= 0.6 is 0 Å². The predicted octanol–water partition coefficient (Wildman–Crippen LogP) is 3.80. The number of benzene rings is 2. The molecule has 0 saturated carbocycles. The molecule has 0 atom stereocenters. The first-order chi connectivity index (χ1) is 14.1. The van der Waals surface area contributed by atoms with Crippen molar-refractivity contribution in [1.29, 1.82) is 0 Å². The van der Waals surface area contributed by atoms with Crippen LogP contribution in [-0.4, -0.2) is 31.1 Å². The normalized spacial score (nSPS) is 10.1. The summed E-state index contributed by atoms with van der Waals surface area (Å²) < 4.78 is 9.83. The minimum atomic E-state index is -0.406. The van der Waals surface area contributed by atoms with Crippen LogP contribution in [0, 0.1) is 0 Å². The van der Waals surface area contributed by atoms with Crippen LogP contribution in [0.15, 0.2) is 66.9 Å². The molecule has 0 aliphatic rings. The van der Waals surface area contributed by atoms with E-state index in [-0.39, 0.29) is 12.3 Å². The third kappa shape index (κ3) is 5.55. The molecular formula is C22H21N3O4. The highest BCUT2D eigenvalue weighted by atomic mass is 16.5. The monoisotopic (exact) mass is 391 g/mol. The number of nitrogens with one attached hydrogen (secondary N) is 2. The number of ether oxygens (including phenoxy) is 2. The summed E-state index contributed by atoms with van der Waals surface area (Å²) in [5.41, 5.74) is 2.63. The molecule has 2 aromatic carbocycles. The fourth-order valence-corrected chi connectivity index (χ4v) is 2.67. The van der Waals surface area contributed by atoms with Gasteiger partial charge in [0.15, 0.2) is 0 Å². The number of pyridine rings is 1. The second-order valence-corrected chi connectivity index (χ2v) is 6.20. The van der Waals surface area contributed by atoms with Gasteiger partial charge < -0.3 is 20.1 Å². The molecule has 0 spiro atoms. The fourth-order valence-electron chi connectivity index (χ4n) is 2.67. The Bertz CT molecular complexity index is 986. The van der Waals surface area contributed by atoms with Crippen LogP contribution in [0.1, 0.15) is 15.9 Å². The summed E-state index contributed by atoms with van der Waals surface area (Å²) >= 11 is 0. The number of hydrogen-bond acceptors (Lipinski definition) is 6. The Morgan fingerprint density at radius 1 is 0.966 bits per heavy atom. The lowest BCUT2D eigenvalue weighted by Crippen LogP contribution is -2.14. The van der Waals surface area contributed by atoms with Gasteiger partial charge in [0.2, 0.25) is 5.91 Å². The Hall–Kier alpha value is -3.87. The molecule has 0 radical (unpaired) electrons. The van der Waals surface area contributed by atoms with Crippen LogP contribution in [0.25, 0.3) is 0 Å². The Kier molecular flexibility index (Phi) is 6.42. The summed E-state index contributed by atoms with van der Waals surface area (Å²) in [5, 5.41) is 5.93. The van der Waals surface area contributed by atoms with Gasteiger partial charge in [0, 0.05) is 5.69 Å². The van der Waals surface area contributed by atoms with Crippen LogP contribution in [-0.2, 0) is 16.0 Å². The molecule has 29 heavy (non-hydrogen) atoms. The van der Waals surface area contributed by atoms with Gasteiger partial charge in [-0.2, -0.15) is 0 Å². The summed E-state index contributed by atoms with van der Waals surface area (Å²) in [4.78, 5) is 28.1. The molecule has 7 heteroatoms. The molecule has 1 heterocycles. The van der Waals surface area contributed by atoms with Gasteiger partial charge in [0.25, 0.3) is 0 Å². The smallest absolute Gasteiger partial charge is 0.337 e. The van der Waals surface area contributed by atoms with E-state index in [9.17, 15) is 9.59 Å². The van der Waals surface area contributed by atoms with Gasteiger partial charge in [0.05, 0.1) is 38.1 Å². The molecule has 3 rings (SSSR count). The van der Waals surface area contributed by atoms with Crippen LogP contribution in [0.2, 0.25) is 0 Å². The van der Waals surface area contributed by atoms with Crippen LogP contribution < -0.4 is 15.4 Å². The SMILES string of the molecule is COC(=O)c1cccc(Nc2ccc(NC(=O)Cc3ccc(OC)cc3)cn2)c1. The average Bonchev–Trinajstić information content (AvgIpc) is 2.75. The van der Waals surface area contributed by atoms with Crippen molar-refractivity contribution < 1.29 is 19.1 Å². The first kappa shape index (κ1) is 19.9. The van der Waals surface area contributed by atoms with Gasteiger partial charge in [-0.25, -0.2) is 9.78 Å².